The second kappa shape index (κ2) is 6.76. The van der Waals surface area contributed by atoms with Crippen molar-refractivity contribution in [3.8, 4) is 0 Å². The summed E-state index contributed by atoms with van der Waals surface area (Å²) in [4.78, 5) is 12.2. The van der Waals surface area contributed by atoms with Crippen molar-refractivity contribution < 1.29 is 9.53 Å². The monoisotopic (exact) mass is 269 g/mol. The molecule has 0 saturated carbocycles. The summed E-state index contributed by atoms with van der Waals surface area (Å²) >= 11 is 5.79. The van der Waals surface area contributed by atoms with Gasteiger partial charge in [-0.25, -0.2) is 0 Å². The molecule has 0 aliphatic rings. The van der Waals surface area contributed by atoms with Crippen molar-refractivity contribution in [2.45, 2.75) is 26.8 Å². The number of alkyl halides is 1. The molecule has 100 valence electrons. The SMILES string of the molecule is COCC(CCl)NC(=O)c1c(C)cc(C)cc1C. The number of nitrogens with one attached hydrogen (secondary N) is 1. The molecule has 1 aromatic carbocycles. The lowest BCUT2D eigenvalue weighted by Crippen LogP contribution is -2.39. The van der Waals surface area contributed by atoms with Crippen LogP contribution in [0.15, 0.2) is 12.1 Å². The van der Waals surface area contributed by atoms with Crippen molar-refractivity contribution in [1.82, 2.24) is 5.32 Å². The molecule has 0 saturated heterocycles. The van der Waals surface area contributed by atoms with Crippen molar-refractivity contribution in [3.63, 3.8) is 0 Å². The van der Waals surface area contributed by atoms with Crippen LogP contribution in [0.5, 0.6) is 0 Å². The van der Waals surface area contributed by atoms with E-state index in [4.69, 9.17) is 16.3 Å². The first-order valence-corrected chi connectivity index (χ1v) is 6.46. The number of halogens is 1. The molecule has 4 heteroatoms. The predicted octanol–water partition coefficient (Wildman–Crippen LogP) is 2.60. The lowest BCUT2D eigenvalue weighted by molar-refractivity contribution is 0.0905. The molecule has 0 heterocycles. The van der Waals surface area contributed by atoms with E-state index in [1.165, 1.54) is 0 Å². The normalized spacial score (nSPS) is 12.3. The van der Waals surface area contributed by atoms with Crippen molar-refractivity contribution in [1.29, 1.82) is 0 Å². The molecule has 0 fully saturated rings. The topological polar surface area (TPSA) is 38.3 Å². The summed E-state index contributed by atoms with van der Waals surface area (Å²) in [6.45, 7) is 6.33. The van der Waals surface area contributed by atoms with E-state index in [0.29, 0.717) is 12.5 Å². The number of hydrogen-bond donors (Lipinski definition) is 1. The van der Waals surface area contributed by atoms with Gasteiger partial charge in [-0.3, -0.25) is 4.79 Å². The third-order valence-corrected chi connectivity index (χ3v) is 3.17. The molecule has 3 nitrogen and oxygen atoms in total. The molecule has 0 bridgehead atoms. The average Bonchev–Trinajstić information content (AvgIpc) is 2.26. The quantitative estimate of drug-likeness (QED) is 0.835. The Hall–Kier alpha value is -1.06. The molecule has 0 spiro atoms. The summed E-state index contributed by atoms with van der Waals surface area (Å²) in [7, 11) is 1.59. The zero-order valence-corrected chi connectivity index (χ0v) is 12.1. The third-order valence-electron chi connectivity index (χ3n) is 2.79. The van der Waals surface area contributed by atoms with Crippen LogP contribution in [0.4, 0.5) is 0 Å². The van der Waals surface area contributed by atoms with Crippen LogP contribution in [0.25, 0.3) is 0 Å². The van der Waals surface area contributed by atoms with Crippen LogP contribution in [0.1, 0.15) is 27.0 Å². The Bertz CT molecular complexity index is 409. The number of amides is 1. The average molecular weight is 270 g/mol. The second-order valence-corrected chi connectivity index (χ2v) is 4.86. The molecule has 1 N–H and O–H groups in total. The highest BCUT2D eigenvalue weighted by atomic mass is 35.5. The van der Waals surface area contributed by atoms with Crippen LogP contribution in [0.3, 0.4) is 0 Å². The maximum Gasteiger partial charge on any atom is 0.252 e. The predicted molar refractivity (Wildman–Crippen MR) is 74.5 cm³/mol. The Morgan fingerprint density at radius 3 is 2.33 bits per heavy atom. The summed E-state index contributed by atoms with van der Waals surface area (Å²) in [6.07, 6.45) is 0. The maximum atomic E-state index is 12.2. The van der Waals surface area contributed by atoms with Crippen LogP contribution in [0, 0.1) is 20.8 Å². The Labute approximate surface area is 113 Å². The standard InChI is InChI=1S/C14H20ClNO2/c1-9-5-10(2)13(11(3)6-9)14(17)16-12(7-15)8-18-4/h5-6,12H,7-8H2,1-4H3,(H,16,17). The van der Waals surface area contributed by atoms with Gasteiger partial charge in [0.1, 0.15) is 0 Å². The van der Waals surface area contributed by atoms with E-state index in [1.807, 2.05) is 32.9 Å². The third kappa shape index (κ3) is 3.72. The van der Waals surface area contributed by atoms with Crippen LogP contribution in [0.2, 0.25) is 0 Å². The van der Waals surface area contributed by atoms with Crippen molar-refractivity contribution in [3.05, 3.63) is 34.4 Å². The number of aryl methyl sites for hydroxylation is 3. The van der Waals surface area contributed by atoms with E-state index in [1.54, 1.807) is 7.11 Å². The lowest BCUT2D eigenvalue weighted by Gasteiger charge is -2.17. The summed E-state index contributed by atoms with van der Waals surface area (Å²) in [6, 6.07) is 3.85. The molecule has 18 heavy (non-hydrogen) atoms. The fraction of sp³-hybridized carbons (Fsp3) is 0.500. The molecule has 0 aliphatic heterocycles. The van der Waals surface area contributed by atoms with E-state index >= 15 is 0 Å². The fourth-order valence-electron chi connectivity index (χ4n) is 2.12. The minimum absolute atomic E-state index is 0.0901. The van der Waals surface area contributed by atoms with Gasteiger partial charge in [-0.1, -0.05) is 17.7 Å². The van der Waals surface area contributed by atoms with Gasteiger partial charge in [0, 0.05) is 18.6 Å². The van der Waals surface area contributed by atoms with Gasteiger partial charge in [0.2, 0.25) is 0 Å². The zero-order chi connectivity index (χ0) is 13.7. The molecule has 0 radical (unpaired) electrons. The van der Waals surface area contributed by atoms with E-state index in [-0.39, 0.29) is 11.9 Å². The van der Waals surface area contributed by atoms with Crippen LogP contribution >= 0.6 is 11.6 Å². The van der Waals surface area contributed by atoms with Crippen molar-refractivity contribution in [2.75, 3.05) is 19.6 Å². The van der Waals surface area contributed by atoms with Gasteiger partial charge in [0.05, 0.1) is 12.6 Å². The van der Waals surface area contributed by atoms with Crippen molar-refractivity contribution in [2.24, 2.45) is 0 Å². The lowest BCUT2D eigenvalue weighted by atomic mass is 9.99. The highest BCUT2D eigenvalue weighted by Crippen LogP contribution is 2.16. The van der Waals surface area contributed by atoms with E-state index in [0.717, 1.165) is 22.3 Å². The number of benzene rings is 1. The molecule has 1 atom stereocenters. The Kier molecular flexibility index (Phi) is 5.63. The van der Waals surface area contributed by atoms with Crippen LogP contribution < -0.4 is 5.32 Å². The van der Waals surface area contributed by atoms with Gasteiger partial charge < -0.3 is 10.1 Å². The summed E-state index contributed by atoms with van der Waals surface area (Å²) < 4.78 is 5.01. The van der Waals surface area contributed by atoms with E-state index < -0.39 is 0 Å². The maximum absolute atomic E-state index is 12.2. The number of methoxy groups -OCH3 is 1. The van der Waals surface area contributed by atoms with Gasteiger partial charge in [-0.15, -0.1) is 11.6 Å². The van der Waals surface area contributed by atoms with Gasteiger partial charge >= 0.3 is 0 Å². The van der Waals surface area contributed by atoms with Crippen LogP contribution in [-0.2, 0) is 4.74 Å². The Balaban J connectivity index is 2.90. The largest absolute Gasteiger partial charge is 0.383 e. The van der Waals surface area contributed by atoms with E-state index in [9.17, 15) is 4.79 Å². The first kappa shape index (κ1) is 15.0. The molecule has 0 aliphatic carbocycles. The number of carbonyl (C=O) groups excluding carboxylic acids is 1. The number of rotatable bonds is 5. The molecule has 1 unspecified atom stereocenters. The molecule has 1 rings (SSSR count). The highest BCUT2D eigenvalue weighted by Gasteiger charge is 2.16. The summed E-state index contributed by atoms with van der Waals surface area (Å²) in [5.74, 6) is 0.247. The molecular formula is C14H20ClNO2. The van der Waals surface area contributed by atoms with Gasteiger partial charge in [0.15, 0.2) is 0 Å². The number of ether oxygens (including phenoxy) is 1. The van der Waals surface area contributed by atoms with Crippen molar-refractivity contribution >= 4 is 17.5 Å². The smallest absolute Gasteiger partial charge is 0.252 e. The minimum atomic E-state index is -0.163. The first-order chi connectivity index (χ1) is 8.49. The first-order valence-electron chi connectivity index (χ1n) is 5.93. The van der Waals surface area contributed by atoms with Gasteiger partial charge in [-0.05, 0) is 31.9 Å². The van der Waals surface area contributed by atoms with Gasteiger partial charge in [-0.2, -0.15) is 0 Å². The molecule has 0 aromatic heterocycles. The van der Waals surface area contributed by atoms with E-state index in [2.05, 4.69) is 5.32 Å². The molecule has 1 amide bonds. The highest BCUT2D eigenvalue weighted by molar-refractivity contribution is 6.18. The second-order valence-electron chi connectivity index (χ2n) is 4.55. The molecular weight excluding hydrogens is 250 g/mol. The summed E-state index contributed by atoms with van der Waals surface area (Å²) in [5.41, 5.74) is 3.85. The molecule has 1 aromatic rings. The number of hydrogen-bond acceptors (Lipinski definition) is 2. The summed E-state index contributed by atoms with van der Waals surface area (Å²) in [5, 5.41) is 2.89. The fourth-order valence-corrected chi connectivity index (χ4v) is 2.29. The van der Waals surface area contributed by atoms with Gasteiger partial charge in [0.25, 0.3) is 5.91 Å². The number of carbonyl (C=O) groups is 1. The van der Waals surface area contributed by atoms with Crippen LogP contribution in [-0.4, -0.2) is 31.5 Å². The Morgan fingerprint density at radius 1 is 1.33 bits per heavy atom. The Morgan fingerprint density at radius 2 is 1.89 bits per heavy atom. The minimum Gasteiger partial charge on any atom is -0.383 e. The zero-order valence-electron chi connectivity index (χ0n) is 11.3.